The molecule has 23 heavy (non-hydrogen) atoms. The van der Waals surface area contributed by atoms with Crippen molar-refractivity contribution in [2.24, 2.45) is 0 Å². The molecule has 0 bridgehead atoms. The van der Waals surface area contributed by atoms with Crippen molar-refractivity contribution >= 4 is 11.7 Å². The van der Waals surface area contributed by atoms with Gasteiger partial charge >= 0.3 is 6.03 Å². The quantitative estimate of drug-likeness (QED) is 0.860. The summed E-state index contributed by atoms with van der Waals surface area (Å²) in [4.78, 5) is 11.8. The van der Waals surface area contributed by atoms with Gasteiger partial charge in [-0.2, -0.15) is 0 Å². The first kappa shape index (κ1) is 16.6. The summed E-state index contributed by atoms with van der Waals surface area (Å²) in [5.74, 6) is 0.903. The fraction of sp³-hybridized carbons (Fsp3) is 0.235. The molecule has 0 aliphatic heterocycles. The SMILES string of the molecule is COc1cccc(CCNC(=O)Nc2cccc(F)c2)c1OC. The fourth-order valence-corrected chi connectivity index (χ4v) is 2.20. The number of methoxy groups -OCH3 is 2. The molecule has 0 spiro atoms. The van der Waals surface area contributed by atoms with Crippen LogP contribution in [0.5, 0.6) is 11.5 Å². The lowest BCUT2D eigenvalue weighted by Crippen LogP contribution is -2.30. The number of amides is 2. The summed E-state index contributed by atoms with van der Waals surface area (Å²) in [6.07, 6.45) is 0.580. The van der Waals surface area contributed by atoms with Crippen LogP contribution in [0.15, 0.2) is 42.5 Å². The third kappa shape index (κ3) is 4.60. The van der Waals surface area contributed by atoms with Crippen LogP contribution in [-0.4, -0.2) is 26.8 Å². The average molecular weight is 318 g/mol. The number of carbonyl (C=O) groups excluding carboxylic acids is 1. The number of ether oxygens (including phenoxy) is 2. The van der Waals surface area contributed by atoms with Gasteiger partial charge in [-0.3, -0.25) is 0 Å². The largest absolute Gasteiger partial charge is 0.493 e. The summed E-state index contributed by atoms with van der Waals surface area (Å²) in [6.45, 7) is 0.407. The van der Waals surface area contributed by atoms with Crippen molar-refractivity contribution in [3.63, 3.8) is 0 Å². The van der Waals surface area contributed by atoms with Gasteiger partial charge in [-0.1, -0.05) is 18.2 Å². The maximum absolute atomic E-state index is 13.0. The molecular formula is C17H19FN2O3. The Morgan fingerprint density at radius 2 is 1.91 bits per heavy atom. The van der Waals surface area contributed by atoms with Gasteiger partial charge in [0.05, 0.1) is 14.2 Å². The molecule has 2 amide bonds. The van der Waals surface area contributed by atoms with Gasteiger partial charge in [0.2, 0.25) is 0 Å². The normalized spacial score (nSPS) is 10.0. The molecule has 6 heteroatoms. The molecule has 0 heterocycles. The lowest BCUT2D eigenvalue weighted by atomic mass is 10.1. The molecule has 2 aromatic rings. The molecule has 122 valence electrons. The van der Waals surface area contributed by atoms with Gasteiger partial charge in [0.1, 0.15) is 5.82 Å². The Kier molecular flexibility index (Phi) is 5.80. The van der Waals surface area contributed by atoms with Crippen LogP contribution in [0, 0.1) is 5.82 Å². The van der Waals surface area contributed by atoms with Gasteiger partial charge < -0.3 is 20.1 Å². The van der Waals surface area contributed by atoms with Crippen LogP contribution in [-0.2, 0) is 6.42 Å². The van der Waals surface area contributed by atoms with Crippen molar-refractivity contribution in [3.05, 3.63) is 53.8 Å². The second-order valence-corrected chi connectivity index (χ2v) is 4.79. The molecule has 0 aliphatic carbocycles. The summed E-state index contributed by atoms with van der Waals surface area (Å²) in [6, 6.07) is 10.9. The molecule has 5 nitrogen and oxygen atoms in total. The van der Waals surface area contributed by atoms with E-state index in [2.05, 4.69) is 10.6 Å². The molecule has 2 N–H and O–H groups in total. The summed E-state index contributed by atoms with van der Waals surface area (Å²) >= 11 is 0. The highest BCUT2D eigenvalue weighted by atomic mass is 19.1. The number of rotatable bonds is 6. The number of hydrogen-bond acceptors (Lipinski definition) is 3. The smallest absolute Gasteiger partial charge is 0.319 e. The number of hydrogen-bond donors (Lipinski definition) is 2. The monoisotopic (exact) mass is 318 g/mol. The van der Waals surface area contributed by atoms with Crippen LogP contribution in [0.4, 0.5) is 14.9 Å². The van der Waals surface area contributed by atoms with E-state index < -0.39 is 11.8 Å². The highest BCUT2D eigenvalue weighted by Crippen LogP contribution is 2.30. The molecule has 0 aromatic heterocycles. The lowest BCUT2D eigenvalue weighted by molar-refractivity contribution is 0.252. The molecular weight excluding hydrogens is 299 g/mol. The number of anilines is 1. The van der Waals surface area contributed by atoms with Crippen molar-refractivity contribution in [1.82, 2.24) is 5.32 Å². The molecule has 0 fully saturated rings. The van der Waals surface area contributed by atoms with E-state index in [4.69, 9.17) is 9.47 Å². The number of para-hydroxylation sites is 1. The molecule has 2 aromatic carbocycles. The molecule has 0 aliphatic rings. The topological polar surface area (TPSA) is 59.6 Å². The first-order valence-corrected chi connectivity index (χ1v) is 7.14. The minimum atomic E-state index is -0.399. The van der Waals surface area contributed by atoms with Crippen LogP contribution in [0.3, 0.4) is 0 Å². The maximum atomic E-state index is 13.0. The number of nitrogens with one attached hydrogen (secondary N) is 2. The number of carbonyl (C=O) groups is 1. The number of benzene rings is 2. The van der Waals surface area contributed by atoms with Crippen molar-refractivity contribution in [3.8, 4) is 11.5 Å². The van der Waals surface area contributed by atoms with Crippen molar-refractivity contribution in [2.45, 2.75) is 6.42 Å². The second-order valence-electron chi connectivity index (χ2n) is 4.79. The Morgan fingerprint density at radius 1 is 1.13 bits per heavy atom. The minimum absolute atomic E-state index is 0.391. The van der Waals surface area contributed by atoms with E-state index >= 15 is 0 Å². The molecule has 0 saturated heterocycles. The van der Waals surface area contributed by atoms with Crippen LogP contribution in [0.2, 0.25) is 0 Å². The Balaban J connectivity index is 1.88. The van der Waals surface area contributed by atoms with E-state index in [0.717, 1.165) is 5.56 Å². The predicted octanol–water partition coefficient (Wildman–Crippen LogP) is 3.21. The zero-order chi connectivity index (χ0) is 16.7. The van der Waals surface area contributed by atoms with E-state index in [0.29, 0.717) is 30.2 Å². The first-order valence-electron chi connectivity index (χ1n) is 7.14. The minimum Gasteiger partial charge on any atom is -0.493 e. The predicted molar refractivity (Wildman–Crippen MR) is 86.7 cm³/mol. The number of urea groups is 1. The second kappa shape index (κ2) is 8.03. The summed E-state index contributed by atoms with van der Waals surface area (Å²) < 4.78 is 23.6. The Morgan fingerprint density at radius 3 is 2.61 bits per heavy atom. The Bertz CT molecular complexity index is 677. The van der Waals surface area contributed by atoms with Crippen LogP contribution in [0.25, 0.3) is 0 Å². The van der Waals surface area contributed by atoms with Gasteiger partial charge in [-0.15, -0.1) is 0 Å². The van der Waals surface area contributed by atoms with Gasteiger partial charge in [0, 0.05) is 12.2 Å². The van der Waals surface area contributed by atoms with E-state index in [9.17, 15) is 9.18 Å². The van der Waals surface area contributed by atoms with Crippen molar-refractivity contribution in [2.75, 3.05) is 26.1 Å². The molecule has 2 rings (SSSR count). The number of halogens is 1. The molecule has 0 atom stereocenters. The average Bonchev–Trinajstić information content (AvgIpc) is 2.54. The molecule has 0 saturated carbocycles. The molecule has 0 unspecified atom stereocenters. The van der Waals surface area contributed by atoms with E-state index in [1.165, 1.54) is 18.2 Å². The summed E-state index contributed by atoms with van der Waals surface area (Å²) in [5, 5.41) is 5.29. The Hall–Kier alpha value is -2.76. The van der Waals surface area contributed by atoms with Crippen molar-refractivity contribution in [1.29, 1.82) is 0 Å². The van der Waals surface area contributed by atoms with Gasteiger partial charge in [-0.05, 0) is 36.2 Å². The standard InChI is InChI=1S/C17H19FN2O3/c1-22-15-8-3-5-12(16(15)23-2)9-10-19-17(21)20-14-7-4-6-13(18)11-14/h3-8,11H,9-10H2,1-2H3,(H2,19,20,21). The third-order valence-electron chi connectivity index (χ3n) is 3.25. The highest BCUT2D eigenvalue weighted by Gasteiger charge is 2.09. The zero-order valence-electron chi connectivity index (χ0n) is 13.1. The van der Waals surface area contributed by atoms with Gasteiger partial charge in [0.15, 0.2) is 11.5 Å². The first-order chi connectivity index (χ1) is 11.1. The molecule has 0 radical (unpaired) electrons. The zero-order valence-corrected chi connectivity index (χ0v) is 13.1. The summed E-state index contributed by atoms with van der Waals surface area (Å²) in [5.41, 5.74) is 1.33. The van der Waals surface area contributed by atoms with E-state index in [1.807, 2.05) is 18.2 Å². The summed E-state index contributed by atoms with van der Waals surface area (Å²) in [7, 11) is 3.15. The van der Waals surface area contributed by atoms with Crippen LogP contribution < -0.4 is 20.1 Å². The maximum Gasteiger partial charge on any atom is 0.319 e. The fourth-order valence-electron chi connectivity index (χ4n) is 2.20. The third-order valence-corrected chi connectivity index (χ3v) is 3.25. The van der Waals surface area contributed by atoms with Crippen LogP contribution >= 0.6 is 0 Å². The van der Waals surface area contributed by atoms with Crippen molar-refractivity contribution < 1.29 is 18.7 Å². The Labute approximate surface area is 134 Å². The van der Waals surface area contributed by atoms with E-state index in [-0.39, 0.29) is 0 Å². The van der Waals surface area contributed by atoms with Gasteiger partial charge in [-0.25, -0.2) is 9.18 Å². The highest BCUT2D eigenvalue weighted by molar-refractivity contribution is 5.89. The lowest BCUT2D eigenvalue weighted by Gasteiger charge is -2.13. The van der Waals surface area contributed by atoms with Gasteiger partial charge in [0.25, 0.3) is 0 Å². The van der Waals surface area contributed by atoms with E-state index in [1.54, 1.807) is 20.3 Å². The van der Waals surface area contributed by atoms with Crippen LogP contribution in [0.1, 0.15) is 5.56 Å².